The summed E-state index contributed by atoms with van der Waals surface area (Å²) in [6.45, 7) is 3.00. The Hall–Kier alpha value is -1.20. The molecule has 0 amide bonds. The first kappa shape index (κ1) is 14.2. The van der Waals surface area contributed by atoms with Crippen molar-refractivity contribution in [1.29, 1.82) is 0 Å². The topological polar surface area (TPSA) is 24.5 Å². The standard InChI is InChI=1S/C14H20F2N2O/c1-19-14-11(3-2-4-12(14)16)13(5-6-15)18-9-7-17-8-10-18/h2-4,13,17H,5-10H2,1H3/t13-/m0/s1. The van der Waals surface area contributed by atoms with Crippen LogP contribution in [0.3, 0.4) is 0 Å². The first-order valence-electron chi connectivity index (χ1n) is 6.61. The number of nitrogens with zero attached hydrogens (tertiary/aromatic N) is 1. The molecule has 0 aromatic heterocycles. The van der Waals surface area contributed by atoms with E-state index >= 15 is 0 Å². The lowest BCUT2D eigenvalue weighted by Gasteiger charge is -2.35. The molecular formula is C14H20F2N2O. The molecule has 1 fully saturated rings. The quantitative estimate of drug-likeness (QED) is 0.887. The van der Waals surface area contributed by atoms with Crippen molar-refractivity contribution in [3.05, 3.63) is 29.6 Å². The van der Waals surface area contributed by atoms with E-state index in [4.69, 9.17) is 4.74 Å². The number of ether oxygens (including phenoxy) is 1. The Morgan fingerprint density at radius 3 is 2.74 bits per heavy atom. The zero-order valence-corrected chi connectivity index (χ0v) is 11.2. The van der Waals surface area contributed by atoms with Crippen molar-refractivity contribution in [3.63, 3.8) is 0 Å². The van der Waals surface area contributed by atoms with Gasteiger partial charge in [-0.15, -0.1) is 0 Å². The lowest BCUT2D eigenvalue weighted by atomic mass is 10.00. The number of methoxy groups -OCH3 is 1. The number of nitrogens with one attached hydrogen (secondary N) is 1. The summed E-state index contributed by atoms with van der Waals surface area (Å²) in [5, 5.41) is 3.26. The van der Waals surface area contributed by atoms with E-state index in [-0.39, 0.29) is 17.6 Å². The van der Waals surface area contributed by atoms with Crippen molar-refractivity contribution in [1.82, 2.24) is 10.2 Å². The second kappa shape index (κ2) is 6.82. The van der Waals surface area contributed by atoms with E-state index in [1.54, 1.807) is 6.07 Å². The highest BCUT2D eigenvalue weighted by atomic mass is 19.1. The molecule has 2 rings (SSSR count). The normalized spacial score (nSPS) is 18.3. The first-order chi connectivity index (χ1) is 9.27. The van der Waals surface area contributed by atoms with E-state index in [2.05, 4.69) is 10.2 Å². The second-order valence-corrected chi connectivity index (χ2v) is 4.64. The predicted octanol–water partition coefficient (Wildman–Crippen LogP) is 2.14. The number of piperazine rings is 1. The van der Waals surface area contributed by atoms with Gasteiger partial charge in [0.1, 0.15) is 0 Å². The highest BCUT2D eigenvalue weighted by molar-refractivity contribution is 5.37. The van der Waals surface area contributed by atoms with Crippen LogP contribution in [0.1, 0.15) is 18.0 Å². The number of benzene rings is 1. The van der Waals surface area contributed by atoms with Crippen LogP contribution in [0, 0.1) is 5.82 Å². The van der Waals surface area contributed by atoms with E-state index in [9.17, 15) is 8.78 Å². The summed E-state index contributed by atoms with van der Waals surface area (Å²) in [7, 11) is 1.45. The Morgan fingerprint density at radius 1 is 1.37 bits per heavy atom. The Bertz CT molecular complexity index is 408. The fourth-order valence-electron chi connectivity index (χ4n) is 2.64. The van der Waals surface area contributed by atoms with Gasteiger partial charge in [0.05, 0.1) is 13.8 Å². The van der Waals surface area contributed by atoms with Crippen LogP contribution in [0.25, 0.3) is 0 Å². The smallest absolute Gasteiger partial charge is 0.165 e. The summed E-state index contributed by atoms with van der Waals surface area (Å²) < 4.78 is 31.8. The fourth-order valence-corrected chi connectivity index (χ4v) is 2.64. The predicted molar refractivity (Wildman–Crippen MR) is 70.7 cm³/mol. The van der Waals surface area contributed by atoms with Crippen molar-refractivity contribution in [2.24, 2.45) is 0 Å². The van der Waals surface area contributed by atoms with E-state index in [1.165, 1.54) is 13.2 Å². The van der Waals surface area contributed by atoms with Crippen LogP contribution in [0.15, 0.2) is 18.2 Å². The van der Waals surface area contributed by atoms with Gasteiger partial charge >= 0.3 is 0 Å². The molecular weight excluding hydrogens is 250 g/mol. The van der Waals surface area contributed by atoms with E-state index in [0.29, 0.717) is 6.42 Å². The van der Waals surface area contributed by atoms with Gasteiger partial charge in [-0.2, -0.15) is 0 Å². The second-order valence-electron chi connectivity index (χ2n) is 4.64. The lowest BCUT2D eigenvalue weighted by molar-refractivity contribution is 0.154. The van der Waals surface area contributed by atoms with Crippen LogP contribution >= 0.6 is 0 Å². The zero-order chi connectivity index (χ0) is 13.7. The molecule has 5 heteroatoms. The van der Waals surface area contributed by atoms with Gasteiger partial charge in [0.15, 0.2) is 11.6 Å². The van der Waals surface area contributed by atoms with E-state index < -0.39 is 6.67 Å². The fraction of sp³-hybridized carbons (Fsp3) is 0.571. The largest absolute Gasteiger partial charge is 0.493 e. The summed E-state index contributed by atoms with van der Waals surface area (Å²) in [6.07, 6.45) is 0.361. The van der Waals surface area contributed by atoms with Crippen molar-refractivity contribution >= 4 is 0 Å². The number of alkyl halides is 1. The molecule has 1 aliphatic rings. The maximum atomic E-state index is 13.8. The molecule has 1 aromatic rings. The van der Waals surface area contributed by atoms with Gasteiger partial charge in [0, 0.05) is 37.8 Å². The van der Waals surface area contributed by atoms with E-state index in [0.717, 1.165) is 31.7 Å². The maximum absolute atomic E-state index is 13.8. The first-order valence-corrected chi connectivity index (χ1v) is 6.61. The zero-order valence-electron chi connectivity index (χ0n) is 11.2. The van der Waals surface area contributed by atoms with Crippen molar-refractivity contribution < 1.29 is 13.5 Å². The summed E-state index contributed by atoms with van der Waals surface area (Å²) in [5.41, 5.74) is 0.738. The molecule has 106 valence electrons. The number of halogens is 2. The van der Waals surface area contributed by atoms with Gasteiger partial charge in [-0.1, -0.05) is 12.1 Å². The Kier molecular flexibility index (Phi) is 5.10. The van der Waals surface area contributed by atoms with Crippen LogP contribution in [0.4, 0.5) is 8.78 Å². The average molecular weight is 270 g/mol. The molecule has 0 spiro atoms. The van der Waals surface area contributed by atoms with Gasteiger partial charge in [0.25, 0.3) is 0 Å². The van der Waals surface area contributed by atoms with Gasteiger partial charge in [-0.05, 0) is 12.5 Å². The van der Waals surface area contributed by atoms with Crippen molar-refractivity contribution in [3.8, 4) is 5.75 Å². The summed E-state index contributed by atoms with van der Waals surface area (Å²) in [6, 6.07) is 4.72. The number of para-hydroxylation sites is 1. The molecule has 0 aliphatic carbocycles. The molecule has 1 N–H and O–H groups in total. The van der Waals surface area contributed by atoms with Gasteiger partial charge in [-0.3, -0.25) is 9.29 Å². The summed E-state index contributed by atoms with van der Waals surface area (Å²) in [4.78, 5) is 2.19. The minimum absolute atomic E-state index is 0.127. The summed E-state index contributed by atoms with van der Waals surface area (Å²) in [5.74, 6) is -0.154. The van der Waals surface area contributed by atoms with Gasteiger partial charge in [-0.25, -0.2) is 4.39 Å². The third-order valence-corrected chi connectivity index (χ3v) is 3.54. The third-order valence-electron chi connectivity index (χ3n) is 3.54. The Morgan fingerprint density at radius 2 is 2.11 bits per heavy atom. The molecule has 0 bridgehead atoms. The van der Waals surface area contributed by atoms with Crippen LogP contribution in [0.5, 0.6) is 5.75 Å². The molecule has 1 atom stereocenters. The molecule has 1 saturated heterocycles. The molecule has 0 unspecified atom stereocenters. The number of rotatable bonds is 5. The Balaban J connectivity index is 2.29. The van der Waals surface area contributed by atoms with Gasteiger partial charge < -0.3 is 10.1 Å². The van der Waals surface area contributed by atoms with Crippen LogP contribution in [-0.4, -0.2) is 44.9 Å². The Labute approximate surface area is 112 Å². The number of hydrogen-bond donors (Lipinski definition) is 1. The third kappa shape index (κ3) is 3.22. The lowest BCUT2D eigenvalue weighted by Crippen LogP contribution is -2.45. The van der Waals surface area contributed by atoms with Crippen molar-refractivity contribution in [2.45, 2.75) is 12.5 Å². The van der Waals surface area contributed by atoms with Gasteiger partial charge in [0.2, 0.25) is 0 Å². The molecule has 0 saturated carbocycles. The monoisotopic (exact) mass is 270 g/mol. The molecule has 3 nitrogen and oxygen atoms in total. The highest BCUT2D eigenvalue weighted by Crippen LogP contribution is 2.33. The van der Waals surface area contributed by atoms with Crippen LogP contribution < -0.4 is 10.1 Å². The molecule has 19 heavy (non-hydrogen) atoms. The minimum atomic E-state index is -0.422. The maximum Gasteiger partial charge on any atom is 0.165 e. The highest BCUT2D eigenvalue weighted by Gasteiger charge is 2.25. The summed E-state index contributed by atoms with van der Waals surface area (Å²) >= 11 is 0. The van der Waals surface area contributed by atoms with Crippen LogP contribution in [0.2, 0.25) is 0 Å². The SMILES string of the molecule is COc1c(F)cccc1[C@H](CCF)N1CCNCC1. The van der Waals surface area contributed by atoms with Crippen molar-refractivity contribution in [2.75, 3.05) is 40.0 Å². The molecule has 1 heterocycles. The molecule has 0 radical (unpaired) electrons. The average Bonchev–Trinajstić information content (AvgIpc) is 2.45. The molecule has 1 aromatic carbocycles. The minimum Gasteiger partial charge on any atom is -0.493 e. The number of hydrogen-bond acceptors (Lipinski definition) is 3. The molecule has 1 aliphatic heterocycles. The van der Waals surface area contributed by atoms with E-state index in [1.807, 2.05) is 6.07 Å². The van der Waals surface area contributed by atoms with Crippen LogP contribution in [-0.2, 0) is 0 Å².